The van der Waals surface area contributed by atoms with Crippen molar-refractivity contribution in [2.45, 2.75) is 65.7 Å². The predicted octanol–water partition coefficient (Wildman–Crippen LogP) is 2.16. The number of amides is 1. The molecule has 0 spiro atoms. The molecule has 1 saturated heterocycles. The van der Waals surface area contributed by atoms with Gasteiger partial charge in [-0.25, -0.2) is 0 Å². The Balaban J connectivity index is 2.93. The third-order valence-electron chi connectivity index (χ3n) is 4.85. The molecule has 1 amide bonds. The maximum atomic E-state index is 12.8. The molecule has 0 aromatic heterocycles. The van der Waals surface area contributed by atoms with E-state index in [0.29, 0.717) is 11.8 Å². The second kappa shape index (κ2) is 6.44. The van der Waals surface area contributed by atoms with Gasteiger partial charge >= 0.3 is 0 Å². The number of carbonyl (C=O) groups is 1. The van der Waals surface area contributed by atoms with Crippen molar-refractivity contribution < 1.29 is 4.79 Å². The number of hydrogen-bond donors (Lipinski definition) is 1. The Hall–Kier alpha value is -0.610. The fraction of sp³-hybridized carbons (Fsp3) is 0.938. The van der Waals surface area contributed by atoms with Crippen molar-refractivity contribution in [1.82, 2.24) is 15.1 Å². The zero-order valence-corrected chi connectivity index (χ0v) is 14.5. The molecule has 20 heavy (non-hydrogen) atoms. The van der Waals surface area contributed by atoms with Crippen molar-refractivity contribution >= 4 is 5.91 Å². The summed E-state index contributed by atoms with van der Waals surface area (Å²) in [5.41, 5.74) is -0.0190. The van der Waals surface area contributed by atoms with Crippen molar-refractivity contribution in [3.8, 4) is 0 Å². The lowest BCUT2D eigenvalue weighted by Crippen LogP contribution is -2.53. The second-order valence-corrected chi connectivity index (χ2v) is 7.39. The van der Waals surface area contributed by atoms with Crippen LogP contribution in [-0.4, -0.2) is 54.1 Å². The number of rotatable bonds is 6. The summed E-state index contributed by atoms with van der Waals surface area (Å²) in [5, 5.41) is 3.56. The van der Waals surface area contributed by atoms with E-state index < -0.39 is 0 Å². The van der Waals surface area contributed by atoms with Gasteiger partial charge in [0.25, 0.3) is 0 Å². The first-order valence-corrected chi connectivity index (χ1v) is 7.85. The van der Waals surface area contributed by atoms with Crippen LogP contribution in [0.25, 0.3) is 0 Å². The van der Waals surface area contributed by atoms with Crippen LogP contribution in [0.4, 0.5) is 0 Å². The van der Waals surface area contributed by atoms with Crippen LogP contribution in [0.15, 0.2) is 0 Å². The minimum Gasteiger partial charge on any atom is -0.324 e. The van der Waals surface area contributed by atoms with Crippen LogP contribution < -0.4 is 5.32 Å². The Labute approximate surface area is 124 Å². The lowest BCUT2D eigenvalue weighted by atomic mass is 9.98. The average Bonchev–Trinajstić information content (AvgIpc) is 2.66. The molecule has 1 aliphatic rings. The summed E-state index contributed by atoms with van der Waals surface area (Å²) in [6.45, 7) is 13.8. The maximum absolute atomic E-state index is 12.8. The smallest absolute Gasteiger partial charge is 0.241 e. The number of carbonyl (C=O) groups excluding carboxylic acids is 1. The van der Waals surface area contributed by atoms with Gasteiger partial charge in [0.2, 0.25) is 5.91 Å². The minimum atomic E-state index is -0.0228. The molecule has 1 fully saturated rings. The van der Waals surface area contributed by atoms with E-state index in [9.17, 15) is 4.79 Å². The van der Waals surface area contributed by atoms with E-state index in [2.05, 4.69) is 70.8 Å². The molecule has 118 valence electrons. The van der Waals surface area contributed by atoms with E-state index in [-0.39, 0.29) is 23.7 Å². The quantitative estimate of drug-likeness (QED) is 0.811. The first kappa shape index (κ1) is 17.4. The fourth-order valence-corrected chi connectivity index (χ4v) is 2.59. The van der Waals surface area contributed by atoms with Gasteiger partial charge in [-0.3, -0.25) is 10.1 Å². The van der Waals surface area contributed by atoms with E-state index in [1.165, 1.54) is 0 Å². The molecule has 0 radical (unpaired) electrons. The molecule has 1 heterocycles. The van der Waals surface area contributed by atoms with E-state index in [4.69, 9.17) is 0 Å². The molecule has 0 aromatic rings. The lowest BCUT2D eigenvalue weighted by Gasteiger charge is -2.39. The molecule has 1 aliphatic heterocycles. The normalized spacial score (nSPS) is 25.9. The second-order valence-electron chi connectivity index (χ2n) is 7.39. The van der Waals surface area contributed by atoms with Crippen molar-refractivity contribution in [3.05, 3.63) is 0 Å². The molecule has 0 aromatic carbocycles. The molecule has 4 heteroatoms. The fourth-order valence-electron chi connectivity index (χ4n) is 2.59. The van der Waals surface area contributed by atoms with Crippen LogP contribution in [0.5, 0.6) is 0 Å². The highest BCUT2D eigenvalue weighted by molar-refractivity contribution is 5.84. The Morgan fingerprint density at radius 3 is 2.25 bits per heavy atom. The number of hydrogen-bond acceptors (Lipinski definition) is 3. The summed E-state index contributed by atoms with van der Waals surface area (Å²) >= 11 is 0. The highest BCUT2D eigenvalue weighted by atomic mass is 16.2. The predicted molar refractivity (Wildman–Crippen MR) is 84.5 cm³/mol. The van der Waals surface area contributed by atoms with Crippen LogP contribution >= 0.6 is 0 Å². The van der Waals surface area contributed by atoms with E-state index in [0.717, 1.165) is 13.0 Å². The minimum absolute atomic E-state index is 0.0190. The zero-order valence-electron chi connectivity index (χ0n) is 14.5. The van der Waals surface area contributed by atoms with Gasteiger partial charge in [0.1, 0.15) is 0 Å². The average molecular weight is 283 g/mol. The first-order chi connectivity index (χ1) is 9.11. The molecule has 0 bridgehead atoms. The summed E-state index contributed by atoms with van der Waals surface area (Å²) < 4.78 is 0. The van der Waals surface area contributed by atoms with Gasteiger partial charge < -0.3 is 9.80 Å². The summed E-state index contributed by atoms with van der Waals surface area (Å²) in [7, 11) is 4.15. The van der Waals surface area contributed by atoms with E-state index in [1.807, 2.05) is 0 Å². The third-order valence-corrected chi connectivity index (χ3v) is 4.85. The third kappa shape index (κ3) is 3.53. The molecule has 0 saturated carbocycles. The highest BCUT2D eigenvalue weighted by Crippen LogP contribution is 2.26. The summed E-state index contributed by atoms with van der Waals surface area (Å²) in [6, 6.07) is -0.0228. The van der Waals surface area contributed by atoms with E-state index in [1.54, 1.807) is 0 Å². The van der Waals surface area contributed by atoms with E-state index >= 15 is 0 Å². The lowest BCUT2D eigenvalue weighted by molar-refractivity contribution is -0.132. The van der Waals surface area contributed by atoms with Crippen LogP contribution in [0.3, 0.4) is 0 Å². The topological polar surface area (TPSA) is 35.6 Å². The Morgan fingerprint density at radius 2 is 1.85 bits per heavy atom. The molecule has 1 rings (SSSR count). The van der Waals surface area contributed by atoms with Gasteiger partial charge in [0.15, 0.2) is 0 Å². The van der Waals surface area contributed by atoms with Gasteiger partial charge in [-0.1, -0.05) is 34.1 Å². The number of nitrogens with one attached hydrogen (secondary N) is 1. The molecule has 3 unspecified atom stereocenters. The Bertz CT molecular complexity index is 339. The Kier molecular flexibility index (Phi) is 5.61. The zero-order chi connectivity index (χ0) is 15.7. The molecule has 3 atom stereocenters. The number of likely N-dealkylation sites (N-methyl/N-ethyl adjacent to an activating group) is 1. The van der Waals surface area contributed by atoms with Gasteiger partial charge in [-0.05, 0) is 39.8 Å². The van der Waals surface area contributed by atoms with Crippen molar-refractivity contribution in [3.63, 3.8) is 0 Å². The van der Waals surface area contributed by atoms with Gasteiger partial charge in [0, 0.05) is 12.1 Å². The van der Waals surface area contributed by atoms with Crippen molar-refractivity contribution in [1.29, 1.82) is 0 Å². The maximum Gasteiger partial charge on any atom is 0.241 e. The van der Waals surface area contributed by atoms with Crippen LogP contribution in [0, 0.1) is 11.8 Å². The van der Waals surface area contributed by atoms with Crippen molar-refractivity contribution in [2.24, 2.45) is 11.8 Å². The van der Waals surface area contributed by atoms with Crippen molar-refractivity contribution in [2.75, 3.05) is 20.6 Å². The van der Waals surface area contributed by atoms with Crippen LogP contribution in [0.2, 0.25) is 0 Å². The standard InChI is InChI=1S/C16H33N3O/c1-9-12(4)13-15(20)19(14(17-13)11(2)3)10-16(5,6)18(7)8/h11-14,17H,9-10H2,1-8H3. The first-order valence-electron chi connectivity index (χ1n) is 7.85. The summed E-state index contributed by atoms with van der Waals surface area (Å²) in [5.74, 6) is 1.08. The molecule has 0 aliphatic carbocycles. The monoisotopic (exact) mass is 283 g/mol. The Morgan fingerprint density at radius 1 is 1.30 bits per heavy atom. The molecule has 4 nitrogen and oxygen atoms in total. The largest absolute Gasteiger partial charge is 0.324 e. The molecular formula is C16H33N3O. The number of nitrogens with zero attached hydrogens (tertiary/aromatic N) is 2. The summed E-state index contributed by atoms with van der Waals surface area (Å²) in [6.07, 6.45) is 1.18. The SMILES string of the molecule is CCC(C)C1NC(C(C)C)N(CC(C)(C)N(C)C)C1=O. The van der Waals surface area contributed by atoms with Gasteiger partial charge in [-0.2, -0.15) is 0 Å². The van der Waals surface area contributed by atoms with Crippen LogP contribution in [-0.2, 0) is 4.79 Å². The highest BCUT2D eigenvalue weighted by Gasteiger charge is 2.44. The van der Waals surface area contributed by atoms with Gasteiger partial charge in [0.05, 0.1) is 12.2 Å². The summed E-state index contributed by atoms with van der Waals surface area (Å²) in [4.78, 5) is 17.0. The molecular weight excluding hydrogens is 250 g/mol. The molecule has 1 N–H and O–H groups in total. The van der Waals surface area contributed by atoms with Crippen LogP contribution in [0.1, 0.15) is 48.0 Å². The van der Waals surface area contributed by atoms with Gasteiger partial charge in [-0.15, -0.1) is 0 Å².